The standard InChI is InChI=1S/C20H21N3O4S/c1-11-17(18(24)23-20(19(21)25)6-3-7-20)15-8-13(4-5-16(15)27-11)26-10-14-9-22-12(2)28-14/h4-5,8-9H,3,6-7,10H2,1-2H3,(H2,21,25)(H,23,24). The number of carbonyl (C=O) groups excluding carboxylic acids is 2. The van der Waals surface area contributed by atoms with Gasteiger partial charge in [0.15, 0.2) is 0 Å². The number of hydrogen-bond donors (Lipinski definition) is 2. The predicted molar refractivity (Wildman–Crippen MR) is 105 cm³/mol. The number of benzene rings is 1. The van der Waals surface area contributed by atoms with Crippen molar-refractivity contribution in [2.45, 2.75) is 45.3 Å². The number of hydrogen-bond acceptors (Lipinski definition) is 6. The molecule has 1 aromatic carbocycles. The van der Waals surface area contributed by atoms with Crippen molar-refractivity contribution in [3.63, 3.8) is 0 Å². The lowest BCUT2D eigenvalue weighted by Gasteiger charge is -2.39. The van der Waals surface area contributed by atoms with Crippen molar-refractivity contribution in [3.8, 4) is 5.75 Å². The van der Waals surface area contributed by atoms with Crippen LogP contribution in [0.1, 0.15) is 45.3 Å². The maximum Gasteiger partial charge on any atom is 0.256 e. The number of aryl methyl sites for hydroxylation is 2. The van der Waals surface area contributed by atoms with Gasteiger partial charge >= 0.3 is 0 Å². The predicted octanol–water partition coefficient (Wildman–Crippen LogP) is 3.22. The summed E-state index contributed by atoms with van der Waals surface area (Å²) < 4.78 is 11.6. The van der Waals surface area contributed by atoms with Gasteiger partial charge < -0.3 is 20.2 Å². The monoisotopic (exact) mass is 399 g/mol. The summed E-state index contributed by atoms with van der Waals surface area (Å²) in [4.78, 5) is 29.9. The van der Waals surface area contributed by atoms with Gasteiger partial charge in [0, 0.05) is 11.6 Å². The van der Waals surface area contributed by atoms with E-state index in [1.807, 2.05) is 6.92 Å². The highest BCUT2D eigenvalue weighted by Gasteiger charge is 2.44. The zero-order valence-electron chi connectivity index (χ0n) is 15.7. The van der Waals surface area contributed by atoms with Gasteiger partial charge in [0.25, 0.3) is 5.91 Å². The minimum atomic E-state index is -0.953. The van der Waals surface area contributed by atoms with Crippen molar-refractivity contribution in [2.75, 3.05) is 0 Å². The third-order valence-corrected chi connectivity index (χ3v) is 6.03. The Morgan fingerprint density at radius 1 is 1.36 bits per heavy atom. The smallest absolute Gasteiger partial charge is 0.256 e. The molecule has 0 atom stereocenters. The number of nitrogens with one attached hydrogen (secondary N) is 1. The van der Waals surface area contributed by atoms with Gasteiger partial charge in [-0.05, 0) is 51.3 Å². The van der Waals surface area contributed by atoms with Crippen molar-refractivity contribution in [2.24, 2.45) is 5.73 Å². The molecule has 1 aliphatic carbocycles. The zero-order valence-corrected chi connectivity index (χ0v) is 16.5. The molecule has 146 valence electrons. The fraction of sp³-hybridized carbons (Fsp3) is 0.350. The van der Waals surface area contributed by atoms with Gasteiger partial charge in [0.05, 0.1) is 15.4 Å². The van der Waals surface area contributed by atoms with Crippen LogP contribution < -0.4 is 15.8 Å². The minimum Gasteiger partial charge on any atom is -0.488 e. The maximum atomic E-state index is 12.9. The van der Waals surface area contributed by atoms with E-state index in [0.717, 1.165) is 16.3 Å². The maximum absolute atomic E-state index is 12.9. The molecule has 0 radical (unpaired) electrons. The van der Waals surface area contributed by atoms with Gasteiger partial charge in [-0.2, -0.15) is 0 Å². The number of thiazole rings is 1. The lowest BCUT2D eigenvalue weighted by molar-refractivity contribution is -0.127. The van der Waals surface area contributed by atoms with Crippen LogP contribution in [-0.2, 0) is 11.4 Å². The Kier molecular flexibility index (Phi) is 4.58. The number of primary amides is 1. The Balaban J connectivity index is 1.60. The number of rotatable bonds is 6. The van der Waals surface area contributed by atoms with Gasteiger partial charge in [-0.15, -0.1) is 11.3 Å². The highest BCUT2D eigenvalue weighted by molar-refractivity contribution is 7.11. The summed E-state index contributed by atoms with van der Waals surface area (Å²) in [6.45, 7) is 4.08. The molecule has 0 spiro atoms. The van der Waals surface area contributed by atoms with Crippen LogP contribution >= 0.6 is 11.3 Å². The lowest BCUT2D eigenvalue weighted by atomic mass is 9.76. The summed E-state index contributed by atoms with van der Waals surface area (Å²) in [5.41, 5.74) is 5.54. The van der Waals surface area contributed by atoms with E-state index in [9.17, 15) is 9.59 Å². The third kappa shape index (κ3) is 3.24. The summed E-state index contributed by atoms with van der Waals surface area (Å²) in [6, 6.07) is 5.36. The number of carbonyl (C=O) groups is 2. The molecule has 0 unspecified atom stereocenters. The molecule has 3 aromatic rings. The molecule has 0 aliphatic heterocycles. The average Bonchev–Trinajstić information content (AvgIpc) is 3.17. The van der Waals surface area contributed by atoms with Crippen LogP contribution in [0.25, 0.3) is 11.0 Å². The normalized spacial score (nSPS) is 15.2. The molecule has 28 heavy (non-hydrogen) atoms. The average molecular weight is 399 g/mol. The molecule has 2 amide bonds. The van der Waals surface area contributed by atoms with Crippen LogP contribution in [0.2, 0.25) is 0 Å². The molecule has 7 nitrogen and oxygen atoms in total. The molecule has 1 fully saturated rings. The molecule has 3 N–H and O–H groups in total. The quantitative estimate of drug-likeness (QED) is 0.662. The number of fused-ring (bicyclic) bond motifs is 1. The largest absolute Gasteiger partial charge is 0.488 e. The first-order chi connectivity index (χ1) is 13.4. The first-order valence-electron chi connectivity index (χ1n) is 9.08. The molecule has 0 bridgehead atoms. The summed E-state index contributed by atoms with van der Waals surface area (Å²) in [7, 11) is 0. The highest BCUT2D eigenvalue weighted by atomic mass is 32.1. The van der Waals surface area contributed by atoms with Gasteiger partial charge in [-0.3, -0.25) is 9.59 Å². The zero-order chi connectivity index (χ0) is 19.9. The second-order valence-electron chi connectivity index (χ2n) is 7.08. The van der Waals surface area contributed by atoms with Crippen molar-refractivity contribution in [1.29, 1.82) is 0 Å². The Bertz CT molecular complexity index is 1060. The van der Waals surface area contributed by atoms with Crippen molar-refractivity contribution < 1.29 is 18.7 Å². The van der Waals surface area contributed by atoms with Gasteiger partial charge in [0.1, 0.15) is 29.2 Å². The molecular weight excluding hydrogens is 378 g/mol. The Labute approximate surface area is 165 Å². The van der Waals surface area contributed by atoms with Gasteiger partial charge in [-0.1, -0.05) is 0 Å². The summed E-state index contributed by atoms with van der Waals surface area (Å²) in [5, 5.41) is 4.45. The second-order valence-corrected chi connectivity index (χ2v) is 8.40. The lowest BCUT2D eigenvalue weighted by Crippen LogP contribution is -2.61. The van der Waals surface area contributed by atoms with Crippen molar-refractivity contribution >= 4 is 34.1 Å². The van der Waals surface area contributed by atoms with Crippen LogP contribution in [-0.4, -0.2) is 22.3 Å². The fourth-order valence-corrected chi connectivity index (χ4v) is 4.15. The third-order valence-electron chi connectivity index (χ3n) is 5.14. The van der Waals surface area contributed by atoms with E-state index in [2.05, 4.69) is 10.3 Å². The van der Waals surface area contributed by atoms with Crippen LogP contribution in [0, 0.1) is 13.8 Å². The minimum absolute atomic E-state index is 0.356. The first kappa shape index (κ1) is 18.5. The number of nitrogens with zero attached hydrogens (tertiary/aromatic N) is 1. The second kappa shape index (κ2) is 6.94. The molecule has 1 aliphatic rings. The number of amides is 2. The van der Waals surface area contributed by atoms with Crippen molar-refractivity contribution in [1.82, 2.24) is 10.3 Å². The van der Waals surface area contributed by atoms with Crippen LogP contribution in [0.3, 0.4) is 0 Å². The fourth-order valence-electron chi connectivity index (χ4n) is 3.44. The molecular formula is C20H21N3O4S. The van der Waals surface area contributed by atoms with E-state index in [1.54, 1.807) is 42.7 Å². The van der Waals surface area contributed by atoms with E-state index in [0.29, 0.717) is 47.5 Å². The Morgan fingerprint density at radius 2 is 2.14 bits per heavy atom. The van der Waals surface area contributed by atoms with Gasteiger partial charge in [-0.25, -0.2) is 4.98 Å². The van der Waals surface area contributed by atoms with E-state index in [4.69, 9.17) is 14.9 Å². The van der Waals surface area contributed by atoms with Crippen LogP contribution in [0.5, 0.6) is 5.75 Å². The number of aromatic nitrogens is 1. The summed E-state index contributed by atoms with van der Waals surface area (Å²) in [5.74, 6) is 0.259. The number of nitrogens with two attached hydrogens (primary N) is 1. The molecule has 2 heterocycles. The van der Waals surface area contributed by atoms with E-state index in [1.165, 1.54) is 0 Å². The van der Waals surface area contributed by atoms with E-state index in [-0.39, 0.29) is 5.91 Å². The molecule has 0 saturated heterocycles. The molecule has 2 aromatic heterocycles. The topological polar surface area (TPSA) is 107 Å². The molecule has 4 rings (SSSR count). The summed E-state index contributed by atoms with van der Waals surface area (Å²) >= 11 is 1.58. The number of ether oxygens (including phenoxy) is 1. The SMILES string of the molecule is Cc1ncc(COc2ccc3oc(C)c(C(=O)NC4(C(N)=O)CCC4)c3c2)s1. The Hall–Kier alpha value is -2.87. The summed E-state index contributed by atoms with van der Waals surface area (Å²) in [6.07, 6.45) is 3.78. The highest BCUT2D eigenvalue weighted by Crippen LogP contribution is 2.34. The molecule has 8 heteroatoms. The Morgan fingerprint density at radius 3 is 2.75 bits per heavy atom. The van der Waals surface area contributed by atoms with Gasteiger partial charge in [0.2, 0.25) is 5.91 Å². The number of furan rings is 1. The molecule has 1 saturated carbocycles. The first-order valence-corrected chi connectivity index (χ1v) is 9.89. The van der Waals surface area contributed by atoms with Crippen molar-refractivity contribution in [3.05, 3.63) is 45.6 Å². The van der Waals surface area contributed by atoms with E-state index >= 15 is 0 Å². The van der Waals surface area contributed by atoms with Crippen LogP contribution in [0.15, 0.2) is 28.8 Å². The van der Waals surface area contributed by atoms with Crippen LogP contribution in [0.4, 0.5) is 0 Å². The van der Waals surface area contributed by atoms with E-state index < -0.39 is 11.4 Å².